The molecule has 4 rings (SSSR count). The molecule has 0 aliphatic heterocycles. The number of aryl methyl sites for hydroxylation is 1. The Morgan fingerprint density at radius 3 is 2.62 bits per heavy atom. The number of carbonyl (C=O) groups excluding carboxylic acids is 1. The molecule has 0 unspecified atom stereocenters. The van der Waals surface area contributed by atoms with Gasteiger partial charge in [0.2, 0.25) is 0 Å². The number of halogens is 4. The van der Waals surface area contributed by atoms with Gasteiger partial charge in [0.05, 0.1) is 28.7 Å². The first-order chi connectivity index (χ1) is 15.1. The maximum absolute atomic E-state index is 13.4. The number of anilines is 1. The van der Waals surface area contributed by atoms with E-state index in [1.165, 1.54) is 41.2 Å². The van der Waals surface area contributed by atoms with Crippen molar-refractivity contribution in [2.75, 3.05) is 5.32 Å². The topological polar surface area (TPSA) is 64.0 Å². The van der Waals surface area contributed by atoms with Crippen molar-refractivity contribution in [3.05, 3.63) is 92.6 Å². The number of alkyl halides is 3. The van der Waals surface area contributed by atoms with E-state index in [2.05, 4.69) is 10.3 Å². The first kappa shape index (κ1) is 21.7. The molecular formula is C22H15F4N3O2S. The molecule has 5 nitrogen and oxygen atoms in total. The van der Waals surface area contributed by atoms with E-state index < -0.39 is 29.0 Å². The van der Waals surface area contributed by atoms with Gasteiger partial charge in [0.25, 0.3) is 11.5 Å². The average Bonchev–Trinajstić information content (AvgIpc) is 3.07. The maximum atomic E-state index is 13.4. The van der Waals surface area contributed by atoms with Gasteiger partial charge < -0.3 is 5.32 Å². The number of thiophene rings is 1. The summed E-state index contributed by atoms with van der Waals surface area (Å²) in [6.07, 6.45) is -3.22. The van der Waals surface area contributed by atoms with Gasteiger partial charge in [-0.1, -0.05) is 18.2 Å². The van der Waals surface area contributed by atoms with Gasteiger partial charge in [-0.05, 0) is 48.4 Å². The highest BCUT2D eigenvalue weighted by atomic mass is 32.1. The molecule has 0 atom stereocenters. The minimum atomic E-state index is -4.54. The monoisotopic (exact) mass is 461 g/mol. The zero-order valence-corrected chi connectivity index (χ0v) is 17.4. The smallest absolute Gasteiger partial charge is 0.321 e. The molecule has 0 aliphatic rings. The fraction of sp³-hybridized carbons (Fsp3) is 0.136. The summed E-state index contributed by atoms with van der Waals surface area (Å²) in [6.45, 7) is 1.68. The van der Waals surface area contributed by atoms with Crippen molar-refractivity contribution in [1.82, 2.24) is 9.55 Å². The minimum Gasteiger partial charge on any atom is -0.321 e. The second-order valence-corrected chi connectivity index (χ2v) is 8.08. The minimum absolute atomic E-state index is 0.0156. The van der Waals surface area contributed by atoms with Crippen molar-refractivity contribution >= 4 is 33.1 Å². The summed E-state index contributed by atoms with van der Waals surface area (Å²) in [4.78, 5) is 30.4. The number of carbonyl (C=O) groups is 1. The third kappa shape index (κ3) is 4.26. The van der Waals surface area contributed by atoms with Crippen LogP contribution in [-0.4, -0.2) is 15.5 Å². The van der Waals surface area contributed by atoms with Crippen LogP contribution >= 0.6 is 11.3 Å². The van der Waals surface area contributed by atoms with Crippen LogP contribution in [0.3, 0.4) is 0 Å². The first-order valence-corrected chi connectivity index (χ1v) is 10.2. The molecule has 0 spiro atoms. The SMILES string of the molecule is Cc1c(C(=O)Nc2cccc(C(F)(F)F)c2)sc2ncn(Cc3cccc(F)c3)c(=O)c12. The standard InChI is InChI=1S/C22H15F4N3O2S/c1-12-17-20(27-11-29(21(17)31)10-13-4-2-6-15(23)8-13)32-18(12)19(30)28-16-7-3-5-14(9-16)22(24,25)26/h2-9,11H,10H2,1H3,(H,28,30). The van der Waals surface area contributed by atoms with Crippen molar-refractivity contribution < 1.29 is 22.4 Å². The van der Waals surface area contributed by atoms with Crippen LogP contribution in [0.5, 0.6) is 0 Å². The normalized spacial score (nSPS) is 11.7. The molecule has 0 radical (unpaired) electrons. The van der Waals surface area contributed by atoms with Gasteiger partial charge in [0, 0.05) is 5.69 Å². The Balaban J connectivity index is 1.66. The summed E-state index contributed by atoms with van der Waals surface area (Å²) in [5.74, 6) is -1.06. The molecule has 4 aromatic rings. The molecule has 164 valence electrons. The number of hydrogen-bond acceptors (Lipinski definition) is 4. The molecule has 2 aromatic heterocycles. The Hall–Kier alpha value is -3.53. The molecule has 0 bridgehead atoms. The molecule has 1 amide bonds. The van der Waals surface area contributed by atoms with Crippen LogP contribution in [-0.2, 0) is 12.7 Å². The number of nitrogens with one attached hydrogen (secondary N) is 1. The lowest BCUT2D eigenvalue weighted by Crippen LogP contribution is -2.21. The zero-order chi connectivity index (χ0) is 23.0. The van der Waals surface area contributed by atoms with Crippen LogP contribution in [0, 0.1) is 12.7 Å². The molecule has 10 heteroatoms. The van der Waals surface area contributed by atoms with Gasteiger partial charge in [-0.25, -0.2) is 9.37 Å². The third-order valence-electron chi connectivity index (χ3n) is 4.81. The highest BCUT2D eigenvalue weighted by Crippen LogP contribution is 2.32. The fourth-order valence-corrected chi connectivity index (χ4v) is 4.32. The summed E-state index contributed by atoms with van der Waals surface area (Å²) >= 11 is 0.974. The number of fused-ring (bicyclic) bond motifs is 1. The quantitative estimate of drug-likeness (QED) is 0.424. The highest BCUT2D eigenvalue weighted by molar-refractivity contribution is 7.20. The molecule has 2 heterocycles. The molecule has 0 saturated heterocycles. The van der Waals surface area contributed by atoms with E-state index in [0.717, 1.165) is 23.5 Å². The van der Waals surface area contributed by atoms with E-state index in [1.807, 2.05) is 0 Å². The number of hydrogen-bond donors (Lipinski definition) is 1. The lowest BCUT2D eigenvalue weighted by atomic mass is 10.1. The third-order valence-corrected chi connectivity index (χ3v) is 6.01. The Morgan fingerprint density at radius 2 is 1.91 bits per heavy atom. The van der Waals surface area contributed by atoms with Crippen LogP contribution in [0.1, 0.15) is 26.4 Å². The van der Waals surface area contributed by atoms with E-state index in [-0.39, 0.29) is 22.5 Å². The van der Waals surface area contributed by atoms with Gasteiger partial charge in [-0.2, -0.15) is 13.2 Å². The van der Waals surface area contributed by atoms with Gasteiger partial charge >= 0.3 is 6.18 Å². The largest absolute Gasteiger partial charge is 0.416 e. The van der Waals surface area contributed by atoms with E-state index >= 15 is 0 Å². The summed E-state index contributed by atoms with van der Waals surface area (Å²) in [6, 6.07) is 10.1. The molecule has 2 aromatic carbocycles. The maximum Gasteiger partial charge on any atom is 0.416 e. The number of benzene rings is 2. The second kappa shape index (κ2) is 8.19. The molecule has 0 fully saturated rings. The van der Waals surface area contributed by atoms with E-state index in [1.54, 1.807) is 13.0 Å². The zero-order valence-electron chi connectivity index (χ0n) is 16.5. The summed E-state index contributed by atoms with van der Waals surface area (Å²) in [7, 11) is 0. The van der Waals surface area contributed by atoms with Crippen molar-refractivity contribution in [2.45, 2.75) is 19.6 Å². The molecular weight excluding hydrogens is 446 g/mol. The van der Waals surface area contributed by atoms with Gasteiger partial charge in [0.1, 0.15) is 10.6 Å². The lowest BCUT2D eigenvalue weighted by molar-refractivity contribution is -0.137. The predicted molar refractivity (Wildman–Crippen MR) is 114 cm³/mol. The van der Waals surface area contributed by atoms with Crippen molar-refractivity contribution in [3.63, 3.8) is 0 Å². The van der Waals surface area contributed by atoms with Crippen molar-refractivity contribution in [1.29, 1.82) is 0 Å². The summed E-state index contributed by atoms with van der Waals surface area (Å²) in [5.41, 5.74) is -0.348. The number of nitrogens with zero attached hydrogens (tertiary/aromatic N) is 2. The number of rotatable bonds is 4. The molecule has 32 heavy (non-hydrogen) atoms. The van der Waals surface area contributed by atoms with Crippen LogP contribution in [0.2, 0.25) is 0 Å². The van der Waals surface area contributed by atoms with Crippen LogP contribution < -0.4 is 10.9 Å². The Morgan fingerprint density at radius 1 is 1.16 bits per heavy atom. The number of aromatic nitrogens is 2. The van der Waals surface area contributed by atoms with E-state index in [0.29, 0.717) is 16.0 Å². The van der Waals surface area contributed by atoms with Gasteiger partial charge in [-0.3, -0.25) is 14.2 Å². The second-order valence-electron chi connectivity index (χ2n) is 7.08. The van der Waals surface area contributed by atoms with E-state index in [9.17, 15) is 27.2 Å². The van der Waals surface area contributed by atoms with Crippen LogP contribution in [0.15, 0.2) is 59.7 Å². The van der Waals surface area contributed by atoms with Crippen LogP contribution in [0.25, 0.3) is 10.2 Å². The van der Waals surface area contributed by atoms with Gasteiger partial charge in [-0.15, -0.1) is 11.3 Å². The Kier molecular flexibility index (Phi) is 5.55. The van der Waals surface area contributed by atoms with Crippen molar-refractivity contribution in [2.24, 2.45) is 0 Å². The fourth-order valence-electron chi connectivity index (χ4n) is 3.28. The van der Waals surface area contributed by atoms with Crippen molar-refractivity contribution in [3.8, 4) is 0 Å². The van der Waals surface area contributed by atoms with Gasteiger partial charge in [0.15, 0.2) is 0 Å². The first-order valence-electron chi connectivity index (χ1n) is 9.35. The Bertz CT molecular complexity index is 1390. The molecule has 0 aliphatic carbocycles. The average molecular weight is 461 g/mol. The lowest BCUT2D eigenvalue weighted by Gasteiger charge is -2.09. The summed E-state index contributed by atoms with van der Waals surface area (Å²) < 4.78 is 53.5. The highest BCUT2D eigenvalue weighted by Gasteiger charge is 2.30. The number of amides is 1. The predicted octanol–water partition coefficient (Wildman–Crippen LogP) is 5.22. The molecule has 1 N–H and O–H groups in total. The van der Waals surface area contributed by atoms with Crippen LogP contribution in [0.4, 0.5) is 23.2 Å². The summed E-state index contributed by atoms with van der Waals surface area (Å²) in [5, 5.41) is 2.68. The van der Waals surface area contributed by atoms with E-state index in [4.69, 9.17) is 0 Å². The Labute approximate surface area is 183 Å². The molecule has 0 saturated carbocycles.